The van der Waals surface area contributed by atoms with Crippen LogP contribution in [0.3, 0.4) is 0 Å². The highest BCUT2D eigenvalue weighted by Gasteiger charge is 2.33. The molecule has 0 aromatic heterocycles. The first-order valence-electron chi connectivity index (χ1n) is 6.19. The van der Waals surface area contributed by atoms with E-state index in [4.69, 9.17) is 0 Å². The molecule has 2 rings (SSSR count). The number of hydrogen-bond acceptors (Lipinski definition) is 6. The van der Waals surface area contributed by atoms with Gasteiger partial charge in [-0.15, -0.1) is 0 Å². The fraction of sp³-hybridized carbons (Fsp3) is 0.500. The standard InChI is InChI=1S/C12H17N3O4S/c1-12(6-7-13-8-12)14-9-4-3-5-10(20(2,18)19)11(9)15(16)17/h3-5,13-14H,6-8H2,1-2H3. The third-order valence-corrected chi connectivity index (χ3v) is 4.51. The summed E-state index contributed by atoms with van der Waals surface area (Å²) in [5.41, 5.74) is -0.465. The van der Waals surface area contributed by atoms with Gasteiger partial charge in [0.2, 0.25) is 0 Å². The highest BCUT2D eigenvalue weighted by molar-refractivity contribution is 7.90. The van der Waals surface area contributed by atoms with E-state index < -0.39 is 14.8 Å². The summed E-state index contributed by atoms with van der Waals surface area (Å²) < 4.78 is 23.4. The Bertz CT molecular complexity index is 636. The monoisotopic (exact) mass is 299 g/mol. The van der Waals surface area contributed by atoms with E-state index >= 15 is 0 Å². The number of sulfone groups is 1. The lowest BCUT2D eigenvalue weighted by molar-refractivity contribution is -0.386. The summed E-state index contributed by atoms with van der Waals surface area (Å²) in [6, 6.07) is 4.31. The molecular formula is C12H17N3O4S. The second-order valence-electron chi connectivity index (χ2n) is 5.29. The third kappa shape index (κ3) is 2.91. The molecule has 1 aromatic carbocycles. The highest BCUT2D eigenvalue weighted by Crippen LogP contribution is 2.34. The van der Waals surface area contributed by atoms with Gasteiger partial charge in [-0.05, 0) is 32.0 Å². The van der Waals surface area contributed by atoms with Gasteiger partial charge in [-0.25, -0.2) is 8.42 Å². The van der Waals surface area contributed by atoms with Crippen molar-refractivity contribution in [3.63, 3.8) is 0 Å². The summed E-state index contributed by atoms with van der Waals surface area (Å²) in [5.74, 6) is 0. The Morgan fingerprint density at radius 2 is 2.15 bits per heavy atom. The molecule has 0 radical (unpaired) electrons. The van der Waals surface area contributed by atoms with Gasteiger partial charge in [-0.2, -0.15) is 0 Å². The van der Waals surface area contributed by atoms with E-state index in [0.717, 1.165) is 19.2 Å². The predicted molar refractivity (Wildman–Crippen MR) is 75.7 cm³/mol. The van der Waals surface area contributed by atoms with Crippen LogP contribution in [-0.2, 0) is 9.84 Å². The molecule has 8 heteroatoms. The van der Waals surface area contributed by atoms with Crippen LogP contribution in [0.25, 0.3) is 0 Å². The molecule has 1 aromatic rings. The quantitative estimate of drug-likeness (QED) is 0.639. The highest BCUT2D eigenvalue weighted by atomic mass is 32.2. The number of nitrogens with zero attached hydrogens (tertiary/aromatic N) is 1. The van der Waals surface area contributed by atoms with Gasteiger partial charge in [-0.3, -0.25) is 10.1 Å². The second kappa shape index (κ2) is 5.02. The Morgan fingerprint density at radius 1 is 1.45 bits per heavy atom. The van der Waals surface area contributed by atoms with Gasteiger partial charge < -0.3 is 10.6 Å². The van der Waals surface area contributed by atoms with Gasteiger partial charge in [-0.1, -0.05) is 6.07 Å². The van der Waals surface area contributed by atoms with E-state index in [1.54, 1.807) is 0 Å². The van der Waals surface area contributed by atoms with Gasteiger partial charge in [0.25, 0.3) is 0 Å². The molecule has 1 fully saturated rings. The molecule has 0 aliphatic carbocycles. The molecule has 1 aliphatic heterocycles. The van der Waals surface area contributed by atoms with E-state index in [9.17, 15) is 18.5 Å². The summed E-state index contributed by atoms with van der Waals surface area (Å²) in [4.78, 5) is 10.3. The van der Waals surface area contributed by atoms with E-state index in [0.29, 0.717) is 6.54 Å². The fourth-order valence-corrected chi connectivity index (χ4v) is 3.22. The van der Waals surface area contributed by atoms with Crippen LogP contribution < -0.4 is 10.6 Å². The van der Waals surface area contributed by atoms with Crippen LogP contribution in [0, 0.1) is 10.1 Å². The molecule has 0 bridgehead atoms. The average Bonchev–Trinajstić information content (AvgIpc) is 2.74. The Hall–Kier alpha value is -1.67. The lowest BCUT2D eigenvalue weighted by Crippen LogP contribution is -2.37. The Morgan fingerprint density at radius 3 is 2.65 bits per heavy atom. The molecular weight excluding hydrogens is 282 g/mol. The van der Waals surface area contributed by atoms with Crippen molar-refractivity contribution in [2.24, 2.45) is 0 Å². The molecule has 1 aliphatic rings. The normalized spacial score (nSPS) is 22.7. The minimum atomic E-state index is -3.65. The van der Waals surface area contributed by atoms with Crippen LogP contribution in [0.2, 0.25) is 0 Å². The Labute approximate surface area is 117 Å². The first-order chi connectivity index (χ1) is 9.23. The summed E-state index contributed by atoms with van der Waals surface area (Å²) in [6.07, 6.45) is 1.78. The van der Waals surface area contributed by atoms with Crippen LogP contribution in [0.4, 0.5) is 11.4 Å². The van der Waals surface area contributed by atoms with Crippen molar-refractivity contribution >= 4 is 21.2 Å². The molecule has 1 saturated heterocycles. The van der Waals surface area contributed by atoms with Crippen LogP contribution in [0.1, 0.15) is 13.3 Å². The van der Waals surface area contributed by atoms with Gasteiger partial charge in [0.05, 0.1) is 4.92 Å². The number of nitro benzene ring substituents is 1. The maximum Gasteiger partial charge on any atom is 0.310 e. The maximum absolute atomic E-state index is 11.7. The molecule has 0 amide bonds. The van der Waals surface area contributed by atoms with Crippen molar-refractivity contribution in [2.75, 3.05) is 24.7 Å². The number of nitrogens with one attached hydrogen (secondary N) is 2. The largest absolute Gasteiger partial charge is 0.373 e. The van der Waals surface area contributed by atoms with E-state index in [2.05, 4.69) is 10.6 Å². The number of rotatable bonds is 4. The second-order valence-corrected chi connectivity index (χ2v) is 7.28. The lowest BCUT2D eigenvalue weighted by Gasteiger charge is -2.25. The van der Waals surface area contributed by atoms with Crippen LogP contribution in [-0.4, -0.2) is 38.2 Å². The van der Waals surface area contributed by atoms with Crippen molar-refractivity contribution in [1.82, 2.24) is 5.32 Å². The number of nitro groups is 1. The molecule has 1 unspecified atom stereocenters. The molecule has 0 spiro atoms. The smallest absolute Gasteiger partial charge is 0.310 e. The maximum atomic E-state index is 11.7. The molecule has 0 saturated carbocycles. The minimum Gasteiger partial charge on any atom is -0.373 e. The number of anilines is 1. The molecule has 20 heavy (non-hydrogen) atoms. The Kier molecular flexibility index (Phi) is 3.70. The fourth-order valence-electron chi connectivity index (χ4n) is 2.36. The topological polar surface area (TPSA) is 101 Å². The molecule has 1 atom stereocenters. The van der Waals surface area contributed by atoms with Gasteiger partial charge in [0, 0.05) is 18.3 Å². The summed E-state index contributed by atoms with van der Waals surface area (Å²) in [6.45, 7) is 3.44. The van der Waals surface area contributed by atoms with Gasteiger partial charge in [0.1, 0.15) is 10.6 Å². The molecule has 1 heterocycles. The van der Waals surface area contributed by atoms with Crippen molar-refractivity contribution in [3.05, 3.63) is 28.3 Å². The molecule has 110 valence electrons. The van der Waals surface area contributed by atoms with E-state index in [-0.39, 0.29) is 21.8 Å². The number of benzene rings is 1. The summed E-state index contributed by atoms with van der Waals surface area (Å²) >= 11 is 0. The first kappa shape index (κ1) is 14.7. The van der Waals surface area contributed by atoms with Crippen molar-refractivity contribution < 1.29 is 13.3 Å². The van der Waals surface area contributed by atoms with Crippen LogP contribution >= 0.6 is 0 Å². The SMILES string of the molecule is CC1(Nc2cccc(S(C)(=O)=O)c2[N+](=O)[O-])CCNC1. The average molecular weight is 299 g/mol. The van der Waals surface area contributed by atoms with Crippen molar-refractivity contribution in [2.45, 2.75) is 23.8 Å². The van der Waals surface area contributed by atoms with Crippen molar-refractivity contribution in [3.8, 4) is 0 Å². The van der Waals surface area contributed by atoms with Crippen LogP contribution in [0.15, 0.2) is 23.1 Å². The predicted octanol–water partition coefficient (Wildman–Crippen LogP) is 1.16. The number of hydrogen-bond donors (Lipinski definition) is 2. The molecule has 2 N–H and O–H groups in total. The Balaban J connectivity index is 2.51. The summed E-state index contributed by atoms with van der Waals surface area (Å²) in [5, 5.41) is 17.5. The first-order valence-corrected chi connectivity index (χ1v) is 8.08. The zero-order chi connectivity index (χ0) is 15.0. The zero-order valence-corrected chi connectivity index (χ0v) is 12.2. The number of para-hydroxylation sites is 1. The van der Waals surface area contributed by atoms with Crippen LogP contribution in [0.5, 0.6) is 0 Å². The zero-order valence-electron chi connectivity index (χ0n) is 11.3. The minimum absolute atomic E-state index is 0.240. The van der Waals surface area contributed by atoms with Crippen molar-refractivity contribution in [1.29, 1.82) is 0 Å². The van der Waals surface area contributed by atoms with E-state index in [1.165, 1.54) is 18.2 Å². The van der Waals surface area contributed by atoms with E-state index in [1.807, 2.05) is 6.92 Å². The molecule has 7 nitrogen and oxygen atoms in total. The lowest BCUT2D eigenvalue weighted by atomic mass is 10.0. The summed E-state index contributed by atoms with van der Waals surface area (Å²) in [7, 11) is -3.65. The third-order valence-electron chi connectivity index (χ3n) is 3.39. The van der Waals surface area contributed by atoms with Gasteiger partial charge >= 0.3 is 5.69 Å². The van der Waals surface area contributed by atoms with Gasteiger partial charge in [0.15, 0.2) is 9.84 Å².